The van der Waals surface area contributed by atoms with E-state index in [1.807, 2.05) is 44.2 Å². The molecule has 0 saturated carbocycles. The van der Waals surface area contributed by atoms with Gasteiger partial charge in [0, 0.05) is 12.6 Å². The van der Waals surface area contributed by atoms with Crippen molar-refractivity contribution < 1.29 is 9.21 Å². The average molecular weight is 295 g/mol. The molecule has 1 amide bonds. The molecular formula is C17H17N3O2. The standard InChI is InChI=1S/C17H17N3O2/c1-17(2,16(21)20-14-9-5-6-10-18-14)11-15-19-12-7-3-4-8-13(12)22-15/h3-10H,11H2,1-2H3,(H,18,20,21). The van der Waals surface area contributed by atoms with E-state index in [0.29, 0.717) is 18.1 Å². The Labute approximate surface area is 128 Å². The molecule has 0 saturated heterocycles. The Bertz CT molecular complexity index is 761. The highest BCUT2D eigenvalue weighted by Crippen LogP contribution is 2.25. The molecule has 0 aliphatic heterocycles. The number of aromatic nitrogens is 2. The SMILES string of the molecule is CC(C)(Cc1nc2ccccc2o1)C(=O)Nc1ccccn1. The predicted octanol–water partition coefficient (Wildman–Crippen LogP) is 3.43. The number of hydrogen-bond donors (Lipinski definition) is 1. The van der Waals surface area contributed by atoms with Gasteiger partial charge in [-0.3, -0.25) is 4.79 Å². The van der Waals surface area contributed by atoms with Crippen LogP contribution in [0.1, 0.15) is 19.7 Å². The van der Waals surface area contributed by atoms with Gasteiger partial charge in [0.05, 0.1) is 5.41 Å². The van der Waals surface area contributed by atoms with Gasteiger partial charge in [0.2, 0.25) is 5.91 Å². The zero-order chi connectivity index (χ0) is 15.6. The molecule has 3 rings (SSSR count). The van der Waals surface area contributed by atoms with Crippen molar-refractivity contribution in [3.63, 3.8) is 0 Å². The number of fused-ring (bicyclic) bond motifs is 1. The number of para-hydroxylation sites is 2. The monoisotopic (exact) mass is 295 g/mol. The summed E-state index contributed by atoms with van der Waals surface area (Å²) in [6, 6.07) is 13.0. The van der Waals surface area contributed by atoms with Gasteiger partial charge in [0.15, 0.2) is 11.5 Å². The zero-order valence-corrected chi connectivity index (χ0v) is 12.5. The summed E-state index contributed by atoms with van der Waals surface area (Å²) in [7, 11) is 0. The van der Waals surface area contributed by atoms with E-state index in [4.69, 9.17) is 4.42 Å². The second-order valence-corrected chi connectivity index (χ2v) is 5.81. The molecule has 3 aromatic rings. The molecule has 0 bridgehead atoms. The first-order chi connectivity index (χ1) is 10.5. The highest BCUT2D eigenvalue weighted by molar-refractivity contribution is 5.94. The number of rotatable bonds is 4. The Morgan fingerprint density at radius 1 is 1.18 bits per heavy atom. The van der Waals surface area contributed by atoms with Crippen molar-refractivity contribution in [2.24, 2.45) is 5.41 Å². The molecule has 22 heavy (non-hydrogen) atoms. The lowest BCUT2D eigenvalue weighted by molar-refractivity contribution is -0.124. The number of amides is 1. The van der Waals surface area contributed by atoms with Crippen LogP contribution in [0.25, 0.3) is 11.1 Å². The predicted molar refractivity (Wildman–Crippen MR) is 84.4 cm³/mol. The first-order valence-electron chi connectivity index (χ1n) is 7.11. The Hall–Kier alpha value is -2.69. The first kappa shape index (κ1) is 14.3. The van der Waals surface area contributed by atoms with E-state index in [0.717, 1.165) is 11.1 Å². The molecule has 0 fully saturated rings. The Morgan fingerprint density at radius 3 is 2.68 bits per heavy atom. The molecule has 0 unspecified atom stereocenters. The summed E-state index contributed by atoms with van der Waals surface area (Å²) in [6.07, 6.45) is 2.06. The third-order valence-corrected chi connectivity index (χ3v) is 3.45. The van der Waals surface area contributed by atoms with E-state index in [9.17, 15) is 4.79 Å². The van der Waals surface area contributed by atoms with Gasteiger partial charge >= 0.3 is 0 Å². The van der Waals surface area contributed by atoms with Crippen LogP contribution >= 0.6 is 0 Å². The summed E-state index contributed by atoms with van der Waals surface area (Å²) in [4.78, 5) is 21.0. The number of anilines is 1. The second kappa shape index (κ2) is 5.60. The molecule has 5 heteroatoms. The fraction of sp³-hybridized carbons (Fsp3) is 0.235. The van der Waals surface area contributed by atoms with Crippen molar-refractivity contribution in [3.8, 4) is 0 Å². The van der Waals surface area contributed by atoms with E-state index in [2.05, 4.69) is 15.3 Å². The summed E-state index contributed by atoms with van der Waals surface area (Å²) in [5.41, 5.74) is 0.884. The van der Waals surface area contributed by atoms with Crippen molar-refractivity contribution in [2.45, 2.75) is 20.3 Å². The molecule has 0 aliphatic carbocycles. The van der Waals surface area contributed by atoms with Gasteiger partial charge in [-0.25, -0.2) is 9.97 Å². The van der Waals surface area contributed by atoms with Crippen LogP contribution in [0.3, 0.4) is 0 Å². The number of nitrogens with one attached hydrogen (secondary N) is 1. The first-order valence-corrected chi connectivity index (χ1v) is 7.11. The summed E-state index contributed by atoms with van der Waals surface area (Å²) in [5, 5.41) is 2.82. The van der Waals surface area contributed by atoms with Gasteiger partial charge in [-0.05, 0) is 24.3 Å². The topological polar surface area (TPSA) is 68.0 Å². The molecule has 0 radical (unpaired) electrons. The van der Waals surface area contributed by atoms with E-state index in [1.54, 1.807) is 18.3 Å². The lowest BCUT2D eigenvalue weighted by Gasteiger charge is -2.21. The van der Waals surface area contributed by atoms with Crippen LogP contribution in [0.4, 0.5) is 5.82 Å². The lowest BCUT2D eigenvalue weighted by atomic mass is 9.88. The van der Waals surface area contributed by atoms with Crippen molar-refractivity contribution in [1.82, 2.24) is 9.97 Å². The van der Waals surface area contributed by atoms with Crippen LogP contribution in [0, 0.1) is 5.41 Å². The molecule has 0 atom stereocenters. The molecule has 0 aliphatic rings. The number of carbonyl (C=O) groups excluding carboxylic acids is 1. The molecular weight excluding hydrogens is 278 g/mol. The van der Waals surface area contributed by atoms with Crippen LogP contribution in [0.5, 0.6) is 0 Å². The van der Waals surface area contributed by atoms with Gasteiger partial charge in [-0.1, -0.05) is 32.0 Å². The smallest absolute Gasteiger partial charge is 0.231 e. The van der Waals surface area contributed by atoms with Crippen LogP contribution in [-0.4, -0.2) is 15.9 Å². The number of nitrogens with zero attached hydrogens (tertiary/aromatic N) is 2. The Balaban J connectivity index is 1.76. The minimum absolute atomic E-state index is 0.117. The maximum Gasteiger partial charge on any atom is 0.231 e. The third-order valence-electron chi connectivity index (χ3n) is 3.45. The summed E-state index contributed by atoms with van der Waals surface area (Å²) < 4.78 is 5.70. The Morgan fingerprint density at radius 2 is 1.95 bits per heavy atom. The fourth-order valence-electron chi connectivity index (χ4n) is 2.18. The Kier molecular flexibility index (Phi) is 3.63. The lowest BCUT2D eigenvalue weighted by Crippen LogP contribution is -2.33. The molecule has 0 spiro atoms. The number of carbonyl (C=O) groups is 1. The van der Waals surface area contributed by atoms with E-state index in [1.165, 1.54) is 0 Å². The van der Waals surface area contributed by atoms with Gasteiger partial charge in [-0.2, -0.15) is 0 Å². The maximum atomic E-state index is 12.4. The summed E-state index contributed by atoms with van der Waals surface area (Å²) in [6.45, 7) is 3.72. The van der Waals surface area contributed by atoms with Crippen LogP contribution in [0.2, 0.25) is 0 Å². The number of hydrogen-bond acceptors (Lipinski definition) is 4. The maximum absolute atomic E-state index is 12.4. The van der Waals surface area contributed by atoms with Crippen LogP contribution in [0.15, 0.2) is 53.1 Å². The van der Waals surface area contributed by atoms with Gasteiger partial charge in [0.1, 0.15) is 11.3 Å². The number of pyridine rings is 1. The van der Waals surface area contributed by atoms with Crippen LogP contribution < -0.4 is 5.32 Å². The van der Waals surface area contributed by atoms with Crippen molar-refractivity contribution >= 4 is 22.8 Å². The average Bonchev–Trinajstić information content (AvgIpc) is 2.89. The molecule has 2 aromatic heterocycles. The highest BCUT2D eigenvalue weighted by atomic mass is 16.3. The second-order valence-electron chi connectivity index (χ2n) is 5.81. The number of benzene rings is 1. The minimum atomic E-state index is -0.654. The summed E-state index contributed by atoms with van der Waals surface area (Å²) in [5.74, 6) is 0.981. The molecule has 112 valence electrons. The molecule has 1 aromatic carbocycles. The number of oxazole rings is 1. The highest BCUT2D eigenvalue weighted by Gasteiger charge is 2.30. The quantitative estimate of drug-likeness (QED) is 0.800. The zero-order valence-electron chi connectivity index (χ0n) is 12.5. The van der Waals surface area contributed by atoms with E-state index >= 15 is 0 Å². The third kappa shape index (κ3) is 2.98. The van der Waals surface area contributed by atoms with Gasteiger partial charge < -0.3 is 9.73 Å². The van der Waals surface area contributed by atoms with Crippen molar-refractivity contribution in [3.05, 3.63) is 54.6 Å². The van der Waals surface area contributed by atoms with Crippen molar-refractivity contribution in [1.29, 1.82) is 0 Å². The minimum Gasteiger partial charge on any atom is -0.441 e. The van der Waals surface area contributed by atoms with E-state index < -0.39 is 5.41 Å². The normalized spacial score (nSPS) is 11.5. The van der Waals surface area contributed by atoms with Gasteiger partial charge in [-0.15, -0.1) is 0 Å². The van der Waals surface area contributed by atoms with Gasteiger partial charge in [0.25, 0.3) is 0 Å². The van der Waals surface area contributed by atoms with Crippen LogP contribution in [-0.2, 0) is 11.2 Å². The molecule has 5 nitrogen and oxygen atoms in total. The molecule has 2 heterocycles. The van der Waals surface area contributed by atoms with E-state index in [-0.39, 0.29) is 5.91 Å². The summed E-state index contributed by atoms with van der Waals surface area (Å²) >= 11 is 0. The fourth-order valence-corrected chi connectivity index (χ4v) is 2.18. The largest absolute Gasteiger partial charge is 0.441 e. The van der Waals surface area contributed by atoms with Crippen molar-refractivity contribution in [2.75, 3.05) is 5.32 Å². The molecule has 1 N–H and O–H groups in total.